The highest BCUT2D eigenvalue weighted by Crippen LogP contribution is 2.30. The second-order valence-electron chi connectivity index (χ2n) is 5.23. The molecule has 2 rings (SSSR count). The zero-order valence-electron chi connectivity index (χ0n) is 13.6. The molecule has 1 aliphatic rings. The quantitative estimate of drug-likeness (QED) is 0.816. The molecular weight excluding hydrogens is 298 g/mol. The van der Waals surface area contributed by atoms with Crippen LogP contribution < -0.4 is 20.2 Å². The lowest BCUT2D eigenvalue weighted by atomic mass is 10.0. The Morgan fingerprint density at radius 1 is 1.26 bits per heavy atom. The average Bonchev–Trinajstić information content (AvgIpc) is 2.56. The van der Waals surface area contributed by atoms with E-state index in [2.05, 4.69) is 15.8 Å². The van der Waals surface area contributed by atoms with Gasteiger partial charge in [0.05, 0.1) is 14.2 Å². The van der Waals surface area contributed by atoms with Crippen LogP contribution in [0.1, 0.15) is 24.0 Å². The summed E-state index contributed by atoms with van der Waals surface area (Å²) in [6.45, 7) is 2.46. The third kappa shape index (κ3) is 4.21. The van der Waals surface area contributed by atoms with Gasteiger partial charge in [0, 0.05) is 19.4 Å². The molecule has 0 fully saturated rings. The molecule has 1 heterocycles. The third-order valence-corrected chi connectivity index (χ3v) is 3.69. The second-order valence-corrected chi connectivity index (χ2v) is 5.23. The van der Waals surface area contributed by atoms with Crippen LogP contribution in [0.15, 0.2) is 17.2 Å². The number of ether oxygens (including phenoxy) is 2. The number of rotatable bonds is 6. The van der Waals surface area contributed by atoms with Crippen LogP contribution in [-0.2, 0) is 16.0 Å². The molecule has 124 valence electrons. The Morgan fingerprint density at radius 3 is 2.57 bits per heavy atom. The molecule has 1 aromatic carbocycles. The number of hydrogen-bond donors (Lipinski definition) is 2. The van der Waals surface area contributed by atoms with E-state index in [0.29, 0.717) is 43.0 Å². The van der Waals surface area contributed by atoms with Crippen molar-refractivity contribution in [3.63, 3.8) is 0 Å². The molecule has 7 heteroatoms. The SMILES string of the molecule is COc1cc(C)c(CCNC(=O)C2=NNC(=O)CC2)cc1OC. The monoisotopic (exact) mass is 319 g/mol. The minimum atomic E-state index is -0.247. The van der Waals surface area contributed by atoms with Gasteiger partial charge in [0.1, 0.15) is 5.71 Å². The smallest absolute Gasteiger partial charge is 0.267 e. The Kier molecular flexibility index (Phi) is 5.56. The van der Waals surface area contributed by atoms with Crippen molar-refractivity contribution in [3.05, 3.63) is 23.3 Å². The second kappa shape index (κ2) is 7.62. The first-order valence-corrected chi connectivity index (χ1v) is 7.40. The molecule has 0 unspecified atom stereocenters. The molecular formula is C16H21N3O4. The van der Waals surface area contributed by atoms with Crippen molar-refractivity contribution in [2.24, 2.45) is 5.10 Å². The molecule has 0 bridgehead atoms. The lowest BCUT2D eigenvalue weighted by Crippen LogP contribution is -2.37. The number of carbonyl (C=O) groups is 2. The van der Waals surface area contributed by atoms with Crippen LogP contribution in [-0.4, -0.2) is 38.3 Å². The fourth-order valence-electron chi connectivity index (χ4n) is 2.34. The fourth-order valence-corrected chi connectivity index (χ4v) is 2.34. The van der Waals surface area contributed by atoms with E-state index in [0.717, 1.165) is 11.1 Å². The lowest BCUT2D eigenvalue weighted by molar-refractivity contribution is -0.121. The van der Waals surface area contributed by atoms with E-state index in [1.54, 1.807) is 14.2 Å². The Bertz CT molecular complexity index is 640. The number of nitrogens with zero attached hydrogens (tertiary/aromatic N) is 1. The van der Waals surface area contributed by atoms with Gasteiger partial charge in [-0.25, -0.2) is 5.43 Å². The average molecular weight is 319 g/mol. The molecule has 0 aliphatic carbocycles. The van der Waals surface area contributed by atoms with E-state index in [1.165, 1.54) is 0 Å². The van der Waals surface area contributed by atoms with E-state index in [-0.39, 0.29) is 11.8 Å². The highest BCUT2D eigenvalue weighted by Gasteiger charge is 2.18. The summed E-state index contributed by atoms with van der Waals surface area (Å²) < 4.78 is 10.6. The number of nitrogens with one attached hydrogen (secondary N) is 2. The molecule has 0 spiro atoms. The van der Waals surface area contributed by atoms with Crippen LogP contribution in [0.3, 0.4) is 0 Å². The number of carbonyl (C=O) groups excluding carboxylic acids is 2. The van der Waals surface area contributed by atoms with Crippen molar-refractivity contribution in [2.45, 2.75) is 26.2 Å². The fraction of sp³-hybridized carbons (Fsp3) is 0.438. The molecule has 1 aliphatic heterocycles. The molecule has 2 amide bonds. The highest BCUT2D eigenvalue weighted by molar-refractivity contribution is 6.39. The summed E-state index contributed by atoms with van der Waals surface area (Å²) in [5.74, 6) is 0.939. The molecule has 0 saturated heterocycles. The number of aryl methyl sites for hydroxylation is 1. The molecule has 23 heavy (non-hydrogen) atoms. The van der Waals surface area contributed by atoms with Gasteiger partial charge < -0.3 is 14.8 Å². The molecule has 1 aromatic rings. The predicted molar refractivity (Wildman–Crippen MR) is 85.8 cm³/mol. The van der Waals surface area contributed by atoms with Crippen molar-refractivity contribution in [2.75, 3.05) is 20.8 Å². The zero-order chi connectivity index (χ0) is 16.8. The maximum Gasteiger partial charge on any atom is 0.267 e. The Balaban J connectivity index is 1.93. The summed E-state index contributed by atoms with van der Waals surface area (Å²) in [6.07, 6.45) is 1.33. The number of methoxy groups -OCH3 is 2. The first kappa shape index (κ1) is 16.8. The third-order valence-electron chi connectivity index (χ3n) is 3.69. The van der Waals surface area contributed by atoms with Crippen molar-refractivity contribution < 1.29 is 19.1 Å². The minimum absolute atomic E-state index is 0.164. The number of amides is 2. The summed E-state index contributed by atoms with van der Waals surface area (Å²) >= 11 is 0. The van der Waals surface area contributed by atoms with Crippen molar-refractivity contribution >= 4 is 17.5 Å². The van der Waals surface area contributed by atoms with Crippen LogP contribution in [0, 0.1) is 6.92 Å². The molecule has 2 N–H and O–H groups in total. The molecule has 0 radical (unpaired) electrons. The normalized spacial score (nSPS) is 13.9. The number of hydrogen-bond acceptors (Lipinski definition) is 5. The van der Waals surface area contributed by atoms with Crippen molar-refractivity contribution in [3.8, 4) is 11.5 Å². The first-order valence-electron chi connectivity index (χ1n) is 7.40. The molecule has 0 aromatic heterocycles. The van der Waals surface area contributed by atoms with E-state index in [9.17, 15) is 9.59 Å². The van der Waals surface area contributed by atoms with Gasteiger partial charge in [-0.3, -0.25) is 9.59 Å². The maximum atomic E-state index is 12.0. The summed E-state index contributed by atoms with van der Waals surface area (Å²) in [6, 6.07) is 3.83. The predicted octanol–water partition coefficient (Wildman–Crippen LogP) is 0.937. The van der Waals surface area contributed by atoms with Crippen LogP contribution in [0.25, 0.3) is 0 Å². The van der Waals surface area contributed by atoms with Crippen LogP contribution >= 0.6 is 0 Å². The molecule has 0 saturated carbocycles. The van der Waals surface area contributed by atoms with E-state index in [4.69, 9.17) is 9.47 Å². The van der Waals surface area contributed by atoms with Gasteiger partial charge in [-0.2, -0.15) is 5.10 Å². The van der Waals surface area contributed by atoms with Gasteiger partial charge in [-0.05, 0) is 36.6 Å². The number of hydrazone groups is 1. The Morgan fingerprint density at radius 2 is 1.96 bits per heavy atom. The van der Waals surface area contributed by atoms with Crippen molar-refractivity contribution in [1.29, 1.82) is 0 Å². The van der Waals surface area contributed by atoms with Crippen LogP contribution in [0.5, 0.6) is 11.5 Å². The minimum Gasteiger partial charge on any atom is -0.493 e. The van der Waals surface area contributed by atoms with Gasteiger partial charge in [-0.15, -0.1) is 0 Å². The lowest BCUT2D eigenvalue weighted by Gasteiger charge is -2.14. The van der Waals surface area contributed by atoms with Gasteiger partial charge in [0.2, 0.25) is 5.91 Å². The molecule has 7 nitrogen and oxygen atoms in total. The summed E-state index contributed by atoms with van der Waals surface area (Å²) in [5.41, 5.74) is 4.81. The molecule has 0 atom stereocenters. The highest BCUT2D eigenvalue weighted by atomic mass is 16.5. The van der Waals surface area contributed by atoms with Gasteiger partial charge in [-0.1, -0.05) is 0 Å². The van der Waals surface area contributed by atoms with Gasteiger partial charge in [0.15, 0.2) is 11.5 Å². The van der Waals surface area contributed by atoms with Crippen LogP contribution in [0.2, 0.25) is 0 Å². The Labute approximate surface area is 135 Å². The van der Waals surface area contributed by atoms with E-state index < -0.39 is 0 Å². The van der Waals surface area contributed by atoms with Crippen LogP contribution in [0.4, 0.5) is 0 Å². The van der Waals surface area contributed by atoms with E-state index >= 15 is 0 Å². The summed E-state index contributed by atoms with van der Waals surface area (Å²) in [4.78, 5) is 23.0. The maximum absolute atomic E-state index is 12.0. The van der Waals surface area contributed by atoms with E-state index in [1.807, 2.05) is 19.1 Å². The number of benzene rings is 1. The topological polar surface area (TPSA) is 89.0 Å². The first-order chi connectivity index (χ1) is 11.0. The Hall–Kier alpha value is -2.57. The largest absolute Gasteiger partial charge is 0.493 e. The zero-order valence-corrected chi connectivity index (χ0v) is 13.6. The van der Waals surface area contributed by atoms with Crippen molar-refractivity contribution in [1.82, 2.24) is 10.7 Å². The summed E-state index contributed by atoms with van der Waals surface area (Å²) in [7, 11) is 3.19. The standard InChI is InChI=1S/C16H21N3O4/c1-10-8-13(22-2)14(23-3)9-11(10)6-7-17-16(21)12-4-5-15(20)19-18-12/h8-9H,4-7H2,1-3H3,(H,17,21)(H,19,20). The van der Waals surface area contributed by atoms with Gasteiger partial charge >= 0.3 is 0 Å². The summed E-state index contributed by atoms with van der Waals surface area (Å²) in [5, 5.41) is 6.59. The van der Waals surface area contributed by atoms with Gasteiger partial charge in [0.25, 0.3) is 5.91 Å².